The number of pyridine rings is 1. The highest BCUT2D eigenvalue weighted by Gasteiger charge is 2.34. The Bertz CT molecular complexity index is 1100. The molecule has 0 atom stereocenters. The van der Waals surface area contributed by atoms with Gasteiger partial charge in [-0.2, -0.15) is 0 Å². The van der Waals surface area contributed by atoms with Crippen molar-refractivity contribution in [2.24, 2.45) is 0 Å². The van der Waals surface area contributed by atoms with Gasteiger partial charge in [0.25, 0.3) is 5.56 Å². The summed E-state index contributed by atoms with van der Waals surface area (Å²) in [7, 11) is 0. The van der Waals surface area contributed by atoms with E-state index in [1.807, 2.05) is 42.5 Å². The molecule has 3 aromatic rings. The first kappa shape index (κ1) is 28.1. The van der Waals surface area contributed by atoms with Gasteiger partial charge in [0.15, 0.2) is 0 Å². The van der Waals surface area contributed by atoms with Crippen LogP contribution in [0.2, 0.25) is 0 Å². The lowest BCUT2D eigenvalue weighted by Gasteiger charge is -2.37. The number of benzene rings is 2. The molecule has 0 amide bonds. The van der Waals surface area contributed by atoms with Crippen LogP contribution < -0.4 is 17.0 Å². The van der Waals surface area contributed by atoms with Gasteiger partial charge in [-0.1, -0.05) is 42.5 Å². The van der Waals surface area contributed by atoms with Crippen molar-refractivity contribution in [3.8, 4) is 0 Å². The normalized spacial score (nSPS) is 19.3. The fourth-order valence-electron chi connectivity index (χ4n) is 4.12. The zero-order valence-corrected chi connectivity index (χ0v) is 19.2. The molecule has 2 aromatic carbocycles. The van der Waals surface area contributed by atoms with Crippen LogP contribution in [0.1, 0.15) is 42.4 Å². The first-order valence-corrected chi connectivity index (χ1v) is 10.6. The topological polar surface area (TPSA) is 187 Å². The largest absolute Gasteiger partial charge is 0.412 e. The number of thiol groups is 1. The number of aliphatic hydroxyl groups is 1. The van der Waals surface area contributed by atoms with Crippen LogP contribution in [0.15, 0.2) is 76.6 Å². The van der Waals surface area contributed by atoms with Gasteiger partial charge >= 0.3 is 0 Å². The molecule has 0 saturated heterocycles. The molecule has 1 saturated carbocycles. The minimum atomic E-state index is -0.808. The Morgan fingerprint density at radius 3 is 2.24 bits per heavy atom. The smallest absolute Gasteiger partial charge is 0.259 e. The summed E-state index contributed by atoms with van der Waals surface area (Å²) < 4.78 is 0. The summed E-state index contributed by atoms with van der Waals surface area (Å²) in [6.07, 6.45) is 4.45. The number of H-pyrrole nitrogens is 1. The Balaban J connectivity index is 0.00000181. The van der Waals surface area contributed by atoms with E-state index in [1.165, 1.54) is 0 Å². The van der Waals surface area contributed by atoms with Gasteiger partial charge < -0.3 is 32.5 Å². The van der Waals surface area contributed by atoms with Crippen LogP contribution in [0.25, 0.3) is 0 Å². The molecule has 0 spiro atoms. The van der Waals surface area contributed by atoms with Gasteiger partial charge in [0.1, 0.15) is 0 Å². The monoisotopic (exact) mass is 472 g/mol. The van der Waals surface area contributed by atoms with Crippen LogP contribution in [-0.2, 0) is 5.60 Å². The second-order valence-corrected chi connectivity index (χ2v) is 8.35. The molecule has 9 heteroatoms. The number of nitrogens with one attached hydrogen (secondary N) is 3. The molecule has 0 bridgehead atoms. The maximum absolute atomic E-state index is 12.6. The van der Waals surface area contributed by atoms with E-state index in [0.717, 1.165) is 23.3 Å². The van der Waals surface area contributed by atoms with Crippen molar-refractivity contribution in [3.05, 3.63) is 93.9 Å². The summed E-state index contributed by atoms with van der Waals surface area (Å²) in [5, 5.41) is 23.1. The molecule has 8 nitrogen and oxygen atoms in total. The van der Waals surface area contributed by atoms with E-state index < -0.39 is 5.60 Å². The average Bonchev–Trinajstić information content (AvgIpc) is 2.76. The van der Waals surface area contributed by atoms with Crippen molar-refractivity contribution in [2.75, 3.05) is 5.32 Å². The summed E-state index contributed by atoms with van der Waals surface area (Å²) in [5.41, 5.74) is 1.66. The second kappa shape index (κ2) is 11.8. The van der Waals surface area contributed by atoms with Crippen molar-refractivity contribution < 1.29 is 16.1 Å². The van der Waals surface area contributed by atoms with Crippen molar-refractivity contribution >= 4 is 24.0 Å². The molecule has 1 aliphatic carbocycles. The van der Waals surface area contributed by atoms with Crippen LogP contribution in [-0.4, -0.2) is 32.8 Å². The van der Waals surface area contributed by atoms with Gasteiger partial charge in [-0.15, -0.1) is 12.6 Å². The second-order valence-electron chi connectivity index (χ2n) is 7.83. The predicted octanol–water partition coefficient (Wildman–Crippen LogP) is 2.83. The molecule has 0 radical (unpaired) electrons. The number of rotatable bonds is 5. The standard InChI is InChI=1S/C24H25N3O2S.H3N.2H2O/c25-22(16-6-8-19(30)9-7-16)21-20(12-15-26-23(21)28)27-18-10-13-24(29,14-11-18)17-4-2-1-3-5-17;;;/h1-9,12,15,18,25,29-30H,10-11,13-14H2,(H2,26,27,28);1H3;2*1H2. The van der Waals surface area contributed by atoms with Crippen molar-refractivity contribution in [3.63, 3.8) is 0 Å². The fourth-order valence-corrected chi connectivity index (χ4v) is 4.27. The van der Waals surface area contributed by atoms with Crippen molar-refractivity contribution in [1.82, 2.24) is 11.1 Å². The SMILES string of the molecule is N.N=C(c1ccc(S)cc1)c1c(NC2CCC(O)(c3ccccc3)CC2)cc[nH]c1=O.O.O. The fraction of sp³-hybridized carbons (Fsp3) is 0.250. The molecule has 1 aliphatic rings. The van der Waals surface area contributed by atoms with Crippen LogP contribution in [0.4, 0.5) is 5.69 Å². The molecule has 1 fully saturated rings. The lowest BCUT2D eigenvalue weighted by atomic mass is 9.77. The van der Waals surface area contributed by atoms with Gasteiger partial charge in [0.2, 0.25) is 0 Å². The summed E-state index contributed by atoms with van der Waals surface area (Å²) in [6.45, 7) is 0. The maximum Gasteiger partial charge on any atom is 0.259 e. The third kappa shape index (κ3) is 6.10. The summed E-state index contributed by atoms with van der Waals surface area (Å²) in [6, 6.07) is 18.9. The van der Waals surface area contributed by atoms with Gasteiger partial charge in [0, 0.05) is 22.7 Å². The number of aromatic amines is 1. The maximum atomic E-state index is 12.6. The van der Waals surface area contributed by atoms with E-state index in [0.29, 0.717) is 29.7 Å². The zero-order valence-electron chi connectivity index (χ0n) is 18.3. The number of anilines is 1. The Hall–Kier alpha value is -2.95. The molecule has 1 heterocycles. The first-order valence-electron chi connectivity index (χ1n) is 10.1. The van der Waals surface area contributed by atoms with E-state index in [-0.39, 0.29) is 34.4 Å². The molecule has 178 valence electrons. The third-order valence-electron chi connectivity index (χ3n) is 5.85. The summed E-state index contributed by atoms with van der Waals surface area (Å²) in [4.78, 5) is 16.0. The van der Waals surface area contributed by atoms with E-state index in [1.54, 1.807) is 24.4 Å². The highest BCUT2D eigenvalue weighted by molar-refractivity contribution is 7.80. The van der Waals surface area contributed by atoms with Crippen LogP contribution in [0, 0.1) is 5.41 Å². The van der Waals surface area contributed by atoms with Gasteiger partial charge in [-0.05, 0) is 49.4 Å². The van der Waals surface area contributed by atoms with Gasteiger partial charge in [-0.3, -0.25) is 10.2 Å². The highest BCUT2D eigenvalue weighted by Crippen LogP contribution is 2.38. The van der Waals surface area contributed by atoms with Crippen molar-refractivity contribution in [1.29, 1.82) is 5.41 Å². The van der Waals surface area contributed by atoms with Crippen molar-refractivity contribution in [2.45, 2.75) is 42.2 Å². The Kier molecular flexibility index (Phi) is 10.0. The Morgan fingerprint density at radius 2 is 1.64 bits per heavy atom. The van der Waals surface area contributed by atoms with Crippen LogP contribution in [0.5, 0.6) is 0 Å². The minimum Gasteiger partial charge on any atom is -0.412 e. The van der Waals surface area contributed by atoms with Crippen LogP contribution >= 0.6 is 12.6 Å². The molecular formula is C24H32N4O4S. The molecule has 11 N–H and O–H groups in total. The molecule has 4 rings (SSSR count). The number of aromatic nitrogens is 1. The summed E-state index contributed by atoms with van der Waals surface area (Å²) >= 11 is 4.28. The van der Waals surface area contributed by atoms with Gasteiger partial charge in [0.05, 0.1) is 22.6 Å². The van der Waals surface area contributed by atoms with E-state index in [2.05, 4.69) is 22.9 Å². The Labute approximate surface area is 198 Å². The quantitative estimate of drug-likeness (QED) is 0.246. The molecule has 0 unspecified atom stereocenters. The molecule has 33 heavy (non-hydrogen) atoms. The zero-order chi connectivity index (χ0) is 21.1. The number of hydrogen-bond donors (Lipinski definition) is 6. The Morgan fingerprint density at radius 1 is 1.03 bits per heavy atom. The lowest BCUT2D eigenvalue weighted by Crippen LogP contribution is -2.37. The van der Waals surface area contributed by atoms with Crippen LogP contribution in [0.3, 0.4) is 0 Å². The highest BCUT2D eigenvalue weighted by atomic mass is 32.1. The van der Waals surface area contributed by atoms with Gasteiger partial charge in [-0.25, -0.2) is 0 Å². The van der Waals surface area contributed by atoms with E-state index in [9.17, 15) is 9.90 Å². The molecular weight excluding hydrogens is 440 g/mol. The predicted molar refractivity (Wildman–Crippen MR) is 135 cm³/mol. The lowest BCUT2D eigenvalue weighted by molar-refractivity contribution is -0.00331. The molecule has 1 aromatic heterocycles. The number of hydrogen-bond acceptors (Lipinski definition) is 6. The van der Waals surface area contributed by atoms with E-state index in [4.69, 9.17) is 5.41 Å². The molecule has 0 aliphatic heterocycles. The minimum absolute atomic E-state index is 0. The van der Waals surface area contributed by atoms with E-state index >= 15 is 0 Å². The summed E-state index contributed by atoms with van der Waals surface area (Å²) in [5.74, 6) is 0. The third-order valence-corrected chi connectivity index (χ3v) is 6.15. The first-order chi connectivity index (χ1) is 14.5. The average molecular weight is 473 g/mol.